The predicted octanol–water partition coefficient (Wildman–Crippen LogP) is 2.57. The number of anilines is 1. The van der Waals surface area contributed by atoms with Crippen LogP contribution < -0.4 is 5.32 Å². The lowest BCUT2D eigenvalue weighted by Gasteiger charge is -2.23. The predicted molar refractivity (Wildman–Crippen MR) is 47.8 cm³/mol. The number of rotatable bonds is 0. The molecule has 2 rings (SSSR count). The molecule has 64 valence electrons. The maximum Gasteiger partial charge on any atom is 0.125 e. The topological polar surface area (TPSA) is 12.0 Å². The Kier molecular flexibility index (Phi) is 1.75. The van der Waals surface area contributed by atoms with Gasteiger partial charge in [0.25, 0.3) is 0 Å². The summed E-state index contributed by atoms with van der Waals surface area (Å²) in [5, 5.41) is 3.26. The van der Waals surface area contributed by atoms with Crippen molar-refractivity contribution in [1.82, 2.24) is 0 Å². The van der Waals surface area contributed by atoms with Crippen molar-refractivity contribution in [3.05, 3.63) is 29.6 Å². The second-order valence-electron chi connectivity index (χ2n) is 3.39. The number of hydrogen-bond donors (Lipinski definition) is 1. The smallest absolute Gasteiger partial charge is 0.125 e. The Morgan fingerprint density at radius 3 is 3.17 bits per heavy atom. The van der Waals surface area contributed by atoms with E-state index in [4.69, 9.17) is 0 Å². The van der Waals surface area contributed by atoms with Crippen LogP contribution in [0.4, 0.5) is 10.1 Å². The molecule has 0 aliphatic carbocycles. The molecule has 1 atom stereocenters. The van der Waals surface area contributed by atoms with Crippen molar-refractivity contribution in [1.29, 1.82) is 0 Å². The van der Waals surface area contributed by atoms with Crippen LogP contribution in [0.5, 0.6) is 0 Å². The average molecular weight is 165 g/mol. The highest BCUT2D eigenvalue weighted by atomic mass is 19.1. The van der Waals surface area contributed by atoms with Crippen molar-refractivity contribution >= 4 is 5.69 Å². The fourth-order valence-electron chi connectivity index (χ4n) is 1.61. The first kappa shape index (κ1) is 7.59. The van der Waals surface area contributed by atoms with Crippen molar-refractivity contribution in [2.45, 2.75) is 25.8 Å². The first-order valence-electron chi connectivity index (χ1n) is 4.30. The van der Waals surface area contributed by atoms with Crippen LogP contribution >= 0.6 is 0 Å². The molecule has 0 spiro atoms. The molecule has 1 N–H and O–H groups in total. The normalized spacial score (nSPS) is 21.3. The Morgan fingerprint density at radius 2 is 2.33 bits per heavy atom. The largest absolute Gasteiger partial charge is 0.382 e. The van der Waals surface area contributed by atoms with E-state index in [0.29, 0.717) is 6.04 Å². The number of hydrogen-bond acceptors (Lipinski definition) is 1. The summed E-state index contributed by atoms with van der Waals surface area (Å²) < 4.78 is 12.8. The molecule has 0 unspecified atom stereocenters. The first-order chi connectivity index (χ1) is 5.75. The van der Waals surface area contributed by atoms with E-state index in [1.165, 1.54) is 11.6 Å². The molecule has 0 radical (unpaired) electrons. The summed E-state index contributed by atoms with van der Waals surface area (Å²) >= 11 is 0. The van der Waals surface area contributed by atoms with E-state index in [2.05, 4.69) is 12.2 Å². The molecule has 1 aromatic carbocycles. The maximum atomic E-state index is 12.8. The zero-order chi connectivity index (χ0) is 8.55. The molecular weight excluding hydrogens is 153 g/mol. The summed E-state index contributed by atoms with van der Waals surface area (Å²) in [4.78, 5) is 0. The van der Waals surface area contributed by atoms with Gasteiger partial charge in [-0.25, -0.2) is 4.39 Å². The summed E-state index contributed by atoms with van der Waals surface area (Å²) in [6.45, 7) is 2.12. The van der Waals surface area contributed by atoms with Gasteiger partial charge in [-0.1, -0.05) is 6.07 Å². The van der Waals surface area contributed by atoms with Gasteiger partial charge < -0.3 is 5.32 Å². The molecular formula is C10H12FN. The van der Waals surface area contributed by atoms with E-state index < -0.39 is 0 Å². The lowest BCUT2D eigenvalue weighted by Crippen LogP contribution is -2.21. The van der Waals surface area contributed by atoms with Crippen LogP contribution in [-0.2, 0) is 6.42 Å². The van der Waals surface area contributed by atoms with Crippen LogP contribution in [0, 0.1) is 5.82 Å². The van der Waals surface area contributed by atoms with Gasteiger partial charge in [0.05, 0.1) is 0 Å². The average Bonchev–Trinajstić information content (AvgIpc) is 2.03. The van der Waals surface area contributed by atoms with Gasteiger partial charge in [-0.15, -0.1) is 0 Å². The molecule has 0 saturated carbocycles. The summed E-state index contributed by atoms with van der Waals surface area (Å²) in [5.41, 5.74) is 2.20. The molecule has 2 heteroatoms. The SMILES string of the molecule is C[C@@H]1CCc2ccc(F)cc2N1. The van der Waals surface area contributed by atoms with Gasteiger partial charge in [-0.3, -0.25) is 0 Å². The van der Waals surface area contributed by atoms with Crippen LogP contribution in [-0.4, -0.2) is 6.04 Å². The maximum absolute atomic E-state index is 12.8. The molecule has 1 aliphatic heterocycles. The molecule has 0 saturated heterocycles. The minimum Gasteiger partial charge on any atom is -0.382 e. The minimum absolute atomic E-state index is 0.157. The van der Waals surface area contributed by atoms with Gasteiger partial charge in [-0.05, 0) is 37.5 Å². The number of aryl methyl sites for hydroxylation is 1. The van der Waals surface area contributed by atoms with Crippen molar-refractivity contribution in [2.24, 2.45) is 0 Å². The van der Waals surface area contributed by atoms with Crippen molar-refractivity contribution in [2.75, 3.05) is 5.32 Å². The third kappa shape index (κ3) is 1.29. The number of fused-ring (bicyclic) bond motifs is 1. The Hall–Kier alpha value is -1.05. The third-order valence-electron chi connectivity index (χ3n) is 2.32. The van der Waals surface area contributed by atoms with Crippen LogP contribution in [0.3, 0.4) is 0 Å². The van der Waals surface area contributed by atoms with Crippen LogP contribution in [0.25, 0.3) is 0 Å². The second kappa shape index (κ2) is 2.77. The highest BCUT2D eigenvalue weighted by Crippen LogP contribution is 2.24. The molecule has 0 fully saturated rings. The summed E-state index contributed by atoms with van der Waals surface area (Å²) in [6, 6.07) is 5.43. The molecule has 0 amide bonds. The zero-order valence-corrected chi connectivity index (χ0v) is 7.10. The Morgan fingerprint density at radius 1 is 1.50 bits per heavy atom. The van der Waals surface area contributed by atoms with Crippen LogP contribution in [0.1, 0.15) is 18.9 Å². The molecule has 12 heavy (non-hydrogen) atoms. The molecule has 0 aromatic heterocycles. The lowest BCUT2D eigenvalue weighted by molar-refractivity contribution is 0.621. The number of benzene rings is 1. The van der Waals surface area contributed by atoms with E-state index in [1.807, 2.05) is 6.07 Å². The fourth-order valence-corrected chi connectivity index (χ4v) is 1.61. The van der Waals surface area contributed by atoms with Gasteiger partial charge in [0.2, 0.25) is 0 Å². The molecule has 1 aliphatic rings. The number of nitrogens with one attached hydrogen (secondary N) is 1. The van der Waals surface area contributed by atoms with E-state index in [0.717, 1.165) is 18.5 Å². The van der Waals surface area contributed by atoms with E-state index >= 15 is 0 Å². The third-order valence-corrected chi connectivity index (χ3v) is 2.32. The Bertz CT molecular complexity index is 296. The molecule has 1 heterocycles. The monoisotopic (exact) mass is 165 g/mol. The van der Waals surface area contributed by atoms with Gasteiger partial charge >= 0.3 is 0 Å². The van der Waals surface area contributed by atoms with Crippen LogP contribution in [0.2, 0.25) is 0 Å². The van der Waals surface area contributed by atoms with E-state index in [-0.39, 0.29) is 5.82 Å². The van der Waals surface area contributed by atoms with Crippen molar-refractivity contribution in [3.63, 3.8) is 0 Å². The Labute approximate surface area is 71.6 Å². The zero-order valence-electron chi connectivity index (χ0n) is 7.10. The fraction of sp³-hybridized carbons (Fsp3) is 0.400. The van der Waals surface area contributed by atoms with Crippen LogP contribution in [0.15, 0.2) is 18.2 Å². The minimum atomic E-state index is -0.157. The van der Waals surface area contributed by atoms with Crippen molar-refractivity contribution < 1.29 is 4.39 Å². The summed E-state index contributed by atoms with van der Waals surface area (Å²) in [5.74, 6) is -0.157. The second-order valence-corrected chi connectivity index (χ2v) is 3.39. The Balaban J connectivity index is 2.37. The molecule has 1 nitrogen and oxygen atoms in total. The van der Waals surface area contributed by atoms with E-state index in [1.54, 1.807) is 6.07 Å². The van der Waals surface area contributed by atoms with Gasteiger partial charge in [0.1, 0.15) is 5.82 Å². The van der Waals surface area contributed by atoms with Crippen molar-refractivity contribution in [3.8, 4) is 0 Å². The van der Waals surface area contributed by atoms with Gasteiger partial charge in [0.15, 0.2) is 0 Å². The quantitative estimate of drug-likeness (QED) is 0.623. The van der Waals surface area contributed by atoms with E-state index in [9.17, 15) is 4.39 Å². The lowest BCUT2D eigenvalue weighted by atomic mass is 9.99. The van der Waals surface area contributed by atoms with Gasteiger partial charge in [-0.2, -0.15) is 0 Å². The molecule has 1 aromatic rings. The summed E-state index contributed by atoms with van der Waals surface area (Å²) in [6.07, 6.45) is 2.20. The van der Waals surface area contributed by atoms with Gasteiger partial charge in [0, 0.05) is 11.7 Å². The molecule has 0 bridgehead atoms. The standard InChI is InChI=1S/C10H12FN/c1-7-2-3-8-4-5-9(11)6-10(8)12-7/h4-7,12H,2-3H2,1H3/t7-/m1/s1. The first-order valence-corrected chi connectivity index (χ1v) is 4.30. The number of halogens is 1. The highest BCUT2D eigenvalue weighted by molar-refractivity contribution is 5.53. The summed E-state index contributed by atoms with van der Waals surface area (Å²) in [7, 11) is 0. The highest BCUT2D eigenvalue weighted by Gasteiger charge is 2.13.